The molecule has 1 aliphatic heterocycles. The molecule has 23 heavy (non-hydrogen) atoms. The maximum atomic E-state index is 12.2. The summed E-state index contributed by atoms with van der Waals surface area (Å²) in [7, 11) is 1.61. The van der Waals surface area contributed by atoms with Crippen LogP contribution in [0.25, 0.3) is 0 Å². The molecule has 0 saturated carbocycles. The largest absolute Gasteiger partial charge is 0.481 e. The molecule has 0 bridgehead atoms. The first kappa shape index (κ1) is 17.6. The molecule has 1 fully saturated rings. The van der Waals surface area contributed by atoms with Crippen LogP contribution in [0, 0.1) is 5.92 Å². The summed E-state index contributed by atoms with van der Waals surface area (Å²) in [5.74, 6) is -1.30. The first-order valence-corrected chi connectivity index (χ1v) is 7.89. The van der Waals surface area contributed by atoms with Crippen LogP contribution in [0.5, 0.6) is 0 Å². The molecule has 1 heterocycles. The van der Waals surface area contributed by atoms with Gasteiger partial charge in [0.25, 0.3) is 0 Å². The van der Waals surface area contributed by atoms with E-state index in [4.69, 9.17) is 21.4 Å². The number of nitrogens with zero attached hydrogens (tertiary/aromatic N) is 1. The van der Waals surface area contributed by atoms with Gasteiger partial charge in [0.1, 0.15) is 0 Å². The summed E-state index contributed by atoms with van der Waals surface area (Å²) in [5.41, 5.74) is 1.03. The molecule has 0 aliphatic carbocycles. The smallest absolute Gasteiger partial charge is 0.317 e. The van der Waals surface area contributed by atoms with Gasteiger partial charge in [-0.1, -0.05) is 23.7 Å². The maximum absolute atomic E-state index is 12.2. The second-order valence-corrected chi connectivity index (χ2v) is 6.10. The summed E-state index contributed by atoms with van der Waals surface area (Å²) in [4.78, 5) is 24.7. The first-order valence-electron chi connectivity index (χ1n) is 7.51. The van der Waals surface area contributed by atoms with E-state index in [0.29, 0.717) is 31.1 Å². The lowest BCUT2D eigenvalue weighted by Crippen LogP contribution is -2.41. The van der Waals surface area contributed by atoms with Crippen LogP contribution < -0.4 is 5.32 Å². The summed E-state index contributed by atoms with van der Waals surface area (Å²) in [6.07, 6.45) is 0.501. The van der Waals surface area contributed by atoms with Crippen molar-refractivity contribution in [1.82, 2.24) is 10.2 Å². The van der Waals surface area contributed by atoms with E-state index in [1.807, 2.05) is 12.1 Å². The number of nitrogens with one attached hydrogen (secondary N) is 1. The SMILES string of the molecule is COCC(CNC(=O)N1CCC(C(=O)O)C1)c1ccc(Cl)cc1. The number of hydrogen-bond acceptors (Lipinski definition) is 3. The van der Waals surface area contributed by atoms with Crippen LogP contribution >= 0.6 is 11.6 Å². The van der Waals surface area contributed by atoms with Crippen molar-refractivity contribution in [3.05, 3.63) is 34.9 Å². The summed E-state index contributed by atoms with van der Waals surface area (Å²) in [6, 6.07) is 7.20. The number of carbonyl (C=O) groups is 2. The third kappa shape index (κ3) is 4.84. The van der Waals surface area contributed by atoms with Gasteiger partial charge in [-0.2, -0.15) is 0 Å². The lowest BCUT2D eigenvalue weighted by Gasteiger charge is -2.21. The van der Waals surface area contributed by atoms with Gasteiger partial charge in [-0.15, -0.1) is 0 Å². The highest BCUT2D eigenvalue weighted by molar-refractivity contribution is 6.30. The van der Waals surface area contributed by atoms with Crippen LogP contribution in [0.1, 0.15) is 17.9 Å². The zero-order valence-electron chi connectivity index (χ0n) is 13.0. The number of ether oxygens (including phenoxy) is 1. The highest BCUT2D eigenvalue weighted by atomic mass is 35.5. The Morgan fingerprint density at radius 2 is 2.13 bits per heavy atom. The third-order valence-corrected chi connectivity index (χ3v) is 4.29. The number of hydrogen-bond donors (Lipinski definition) is 2. The highest BCUT2D eigenvalue weighted by Gasteiger charge is 2.30. The number of benzene rings is 1. The van der Waals surface area contributed by atoms with Crippen LogP contribution in [0.2, 0.25) is 5.02 Å². The predicted octanol–water partition coefficient (Wildman–Crippen LogP) is 2.19. The topological polar surface area (TPSA) is 78.9 Å². The van der Waals surface area contributed by atoms with Crippen molar-refractivity contribution < 1.29 is 19.4 Å². The van der Waals surface area contributed by atoms with Crippen molar-refractivity contribution in [2.75, 3.05) is 33.4 Å². The number of rotatable bonds is 6. The lowest BCUT2D eigenvalue weighted by atomic mass is 10.00. The quantitative estimate of drug-likeness (QED) is 0.832. The molecule has 1 saturated heterocycles. The van der Waals surface area contributed by atoms with Crippen LogP contribution in [0.3, 0.4) is 0 Å². The molecular formula is C16H21ClN2O4. The Balaban J connectivity index is 1.90. The van der Waals surface area contributed by atoms with Crippen LogP contribution in [-0.4, -0.2) is 55.4 Å². The van der Waals surface area contributed by atoms with Gasteiger partial charge in [-0.05, 0) is 24.1 Å². The Bertz CT molecular complexity index is 550. The Hall–Kier alpha value is -1.79. The number of methoxy groups -OCH3 is 1. The maximum Gasteiger partial charge on any atom is 0.317 e. The Morgan fingerprint density at radius 3 is 2.70 bits per heavy atom. The normalized spacial score (nSPS) is 18.7. The van der Waals surface area contributed by atoms with Crippen LogP contribution in [0.15, 0.2) is 24.3 Å². The average molecular weight is 341 g/mol. The molecule has 2 rings (SSSR count). The second kappa shape index (κ2) is 8.17. The fourth-order valence-electron chi connectivity index (χ4n) is 2.68. The van der Waals surface area contributed by atoms with E-state index < -0.39 is 11.9 Å². The minimum Gasteiger partial charge on any atom is -0.481 e. The monoisotopic (exact) mass is 340 g/mol. The van der Waals surface area contributed by atoms with Crippen LogP contribution in [-0.2, 0) is 9.53 Å². The van der Waals surface area contributed by atoms with Crippen molar-refractivity contribution in [1.29, 1.82) is 0 Å². The molecule has 1 aromatic rings. The predicted molar refractivity (Wildman–Crippen MR) is 86.8 cm³/mol. The molecule has 0 spiro atoms. The van der Waals surface area contributed by atoms with E-state index in [-0.39, 0.29) is 18.5 Å². The minimum atomic E-state index is -0.848. The lowest BCUT2D eigenvalue weighted by molar-refractivity contribution is -0.141. The Kier molecular flexibility index (Phi) is 6.24. The van der Waals surface area contributed by atoms with Crippen molar-refractivity contribution in [2.24, 2.45) is 5.92 Å². The molecule has 126 valence electrons. The number of aliphatic carboxylic acids is 1. The first-order chi connectivity index (χ1) is 11.0. The molecule has 2 atom stereocenters. The summed E-state index contributed by atoms with van der Waals surface area (Å²) in [6.45, 7) is 1.62. The molecule has 2 unspecified atom stereocenters. The zero-order valence-corrected chi connectivity index (χ0v) is 13.8. The van der Waals surface area contributed by atoms with Gasteiger partial charge in [-0.3, -0.25) is 4.79 Å². The minimum absolute atomic E-state index is 0.0130. The number of urea groups is 1. The third-order valence-electron chi connectivity index (χ3n) is 4.03. The molecule has 7 heteroatoms. The summed E-state index contributed by atoms with van der Waals surface area (Å²) in [5, 5.41) is 12.5. The van der Waals surface area contributed by atoms with E-state index in [1.54, 1.807) is 24.1 Å². The Morgan fingerprint density at radius 1 is 1.43 bits per heavy atom. The highest BCUT2D eigenvalue weighted by Crippen LogP contribution is 2.19. The fraction of sp³-hybridized carbons (Fsp3) is 0.500. The summed E-state index contributed by atoms with van der Waals surface area (Å²) < 4.78 is 5.22. The molecule has 0 radical (unpaired) electrons. The van der Waals surface area contributed by atoms with Crippen LogP contribution in [0.4, 0.5) is 4.79 Å². The number of likely N-dealkylation sites (tertiary alicyclic amines) is 1. The molecule has 2 amide bonds. The van der Waals surface area contributed by atoms with E-state index >= 15 is 0 Å². The van der Waals surface area contributed by atoms with E-state index in [9.17, 15) is 9.59 Å². The van der Waals surface area contributed by atoms with Gasteiger partial charge in [-0.25, -0.2) is 4.79 Å². The molecular weight excluding hydrogens is 320 g/mol. The van der Waals surface area contributed by atoms with Crippen molar-refractivity contribution in [3.8, 4) is 0 Å². The molecule has 1 aliphatic rings. The van der Waals surface area contributed by atoms with Crippen molar-refractivity contribution in [3.63, 3.8) is 0 Å². The number of carboxylic acids is 1. The second-order valence-electron chi connectivity index (χ2n) is 5.66. The number of carbonyl (C=O) groups excluding carboxylic acids is 1. The van der Waals surface area contributed by atoms with Gasteiger partial charge < -0.3 is 20.1 Å². The zero-order chi connectivity index (χ0) is 16.8. The van der Waals surface area contributed by atoms with E-state index in [1.165, 1.54) is 0 Å². The molecule has 6 nitrogen and oxygen atoms in total. The molecule has 2 N–H and O–H groups in total. The van der Waals surface area contributed by atoms with Gasteiger partial charge in [0.15, 0.2) is 0 Å². The van der Waals surface area contributed by atoms with Gasteiger partial charge in [0.05, 0.1) is 12.5 Å². The molecule has 1 aromatic carbocycles. The van der Waals surface area contributed by atoms with Gasteiger partial charge in [0.2, 0.25) is 0 Å². The van der Waals surface area contributed by atoms with Crippen molar-refractivity contribution >= 4 is 23.6 Å². The fourth-order valence-corrected chi connectivity index (χ4v) is 2.80. The van der Waals surface area contributed by atoms with Crippen molar-refractivity contribution in [2.45, 2.75) is 12.3 Å². The number of carboxylic acid groups (broad SMARTS) is 1. The van der Waals surface area contributed by atoms with Gasteiger partial charge >= 0.3 is 12.0 Å². The summed E-state index contributed by atoms with van der Waals surface area (Å²) >= 11 is 5.89. The molecule has 0 aromatic heterocycles. The van der Waals surface area contributed by atoms with E-state index in [2.05, 4.69) is 5.32 Å². The number of amides is 2. The van der Waals surface area contributed by atoms with E-state index in [0.717, 1.165) is 5.56 Å². The standard InChI is InChI=1S/C16H21ClN2O4/c1-23-10-13(11-2-4-14(17)5-3-11)8-18-16(22)19-7-6-12(9-19)15(20)21/h2-5,12-13H,6-10H2,1H3,(H,18,22)(H,20,21). The number of halogens is 1. The van der Waals surface area contributed by atoms with Gasteiger partial charge in [0, 0.05) is 37.7 Å². The average Bonchev–Trinajstić information content (AvgIpc) is 3.02. The Labute approximate surface area is 140 Å².